The van der Waals surface area contributed by atoms with Gasteiger partial charge in [-0.05, 0) is 56.7 Å². The first kappa shape index (κ1) is 23.6. The fourth-order valence-corrected chi connectivity index (χ4v) is 4.33. The molecule has 3 rings (SSSR count). The lowest BCUT2D eigenvalue weighted by atomic mass is 10.1. The first-order valence-corrected chi connectivity index (χ1v) is 12.5. The highest BCUT2D eigenvalue weighted by atomic mass is 32.2. The van der Waals surface area contributed by atoms with Crippen LogP contribution in [0.1, 0.15) is 38.7 Å². The van der Waals surface area contributed by atoms with E-state index in [9.17, 15) is 13.2 Å². The van der Waals surface area contributed by atoms with Crippen molar-refractivity contribution in [1.82, 2.24) is 4.90 Å². The van der Waals surface area contributed by atoms with Crippen LogP contribution in [0, 0.1) is 11.3 Å². The number of amides is 1. The number of nitrogens with zero attached hydrogens (tertiary/aromatic N) is 2. The van der Waals surface area contributed by atoms with Crippen LogP contribution in [0.4, 0.5) is 0 Å². The molecular formula is C24H28N2O5S. The van der Waals surface area contributed by atoms with E-state index in [0.29, 0.717) is 49.4 Å². The molecule has 0 radical (unpaired) electrons. The zero-order chi connectivity index (χ0) is 23.3. The molecule has 0 N–H and O–H groups in total. The molecule has 1 fully saturated rings. The van der Waals surface area contributed by atoms with Crippen molar-refractivity contribution in [2.24, 2.45) is 0 Å². The lowest BCUT2D eigenvalue weighted by Crippen LogP contribution is -2.42. The summed E-state index contributed by atoms with van der Waals surface area (Å²) in [6.07, 6.45) is 7.40. The zero-order valence-electron chi connectivity index (χ0n) is 18.6. The van der Waals surface area contributed by atoms with Crippen LogP contribution in [0.5, 0.6) is 5.75 Å². The summed E-state index contributed by atoms with van der Waals surface area (Å²) in [6.45, 7) is 4.71. The Kier molecular flexibility index (Phi) is 7.41. The average Bonchev–Trinajstić information content (AvgIpc) is 2.96. The number of likely N-dealkylation sites (tertiary alicyclic amines) is 1. The molecule has 8 heteroatoms. The van der Waals surface area contributed by atoms with Crippen LogP contribution < -0.4 is 4.74 Å². The summed E-state index contributed by atoms with van der Waals surface area (Å²) in [5.41, 5.74) is 0.837. The van der Waals surface area contributed by atoms with Crippen molar-refractivity contribution in [2.75, 3.05) is 19.3 Å². The summed E-state index contributed by atoms with van der Waals surface area (Å²) in [7, 11) is -3.46. The summed E-state index contributed by atoms with van der Waals surface area (Å²) >= 11 is 0. The standard InChI is InChI=1S/C24H28N2O5S/c1-17(2)30-23-6-4-5-21(32(3,28)29)15-22(23)24(27)26-13-11-20(12-14-26)31-19-9-7-18(16-25)8-10-19/h5-10,15,17,20H,4,11-14H2,1-3H3. The van der Waals surface area contributed by atoms with Gasteiger partial charge in [-0.15, -0.1) is 0 Å². The highest BCUT2D eigenvalue weighted by Crippen LogP contribution is 2.27. The molecule has 1 aliphatic carbocycles. The molecule has 1 heterocycles. The SMILES string of the molecule is CC(C)OC1=CCC=C(S(C)(=O)=O)C=C1C(=O)N1CCC(Oc2ccc(C#N)cc2)CC1. The van der Waals surface area contributed by atoms with E-state index in [1.54, 1.807) is 41.3 Å². The fraction of sp³-hybridized carbons (Fsp3) is 0.417. The maximum absolute atomic E-state index is 13.3. The molecule has 1 amide bonds. The van der Waals surface area contributed by atoms with Crippen molar-refractivity contribution in [1.29, 1.82) is 5.26 Å². The van der Waals surface area contributed by atoms with E-state index in [2.05, 4.69) is 6.07 Å². The quantitative estimate of drug-likeness (QED) is 0.650. The largest absolute Gasteiger partial charge is 0.491 e. The summed E-state index contributed by atoms with van der Waals surface area (Å²) in [6, 6.07) is 9.04. The molecule has 2 aliphatic rings. The van der Waals surface area contributed by atoms with E-state index in [4.69, 9.17) is 14.7 Å². The molecule has 0 saturated carbocycles. The second-order valence-corrected chi connectivity index (χ2v) is 10.2. The molecular weight excluding hydrogens is 428 g/mol. The van der Waals surface area contributed by atoms with Crippen LogP contribution >= 0.6 is 0 Å². The minimum absolute atomic E-state index is 0.0384. The van der Waals surface area contributed by atoms with Gasteiger partial charge in [0, 0.05) is 32.2 Å². The lowest BCUT2D eigenvalue weighted by molar-refractivity contribution is -0.129. The second-order valence-electron chi connectivity index (χ2n) is 8.15. The first-order chi connectivity index (χ1) is 15.2. The zero-order valence-corrected chi connectivity index (χ0v) is 19.4. The minimum atomic E-state index is -3.46. The Balaban J connectivity index is 1.71. The van der Waals surface area contributed by atoms with Gasteiger partial charge in [-0.2, -0.15) is 5.26 Å². The Morgan fingerprint density at radius 2 is 1.81 bits per heavy atom. The minimum Gasteiger partial charge on any atom is -0.491 e. The van der Waals surface area contributed by atoms with Gasteiger partial charge in [-0.1, -0.05) is 6.08 Å². The summed E-state index contributed by atoms with van der Waals surface area (Å²) in [5, 5.41) is 8.90. The molecule has 0 atom stereocenters. The van der Waals surface area contributed by atoms with Crippen molar-refractivity contribution < 1.29 is 22.7 Å². The second kappa shape index (κ2) is 10.0. The van der Waals surface area contributed by atoms with Crippen molar-refractivity contribution in [3.63, 3.8) is 0 Å². The van der Waals surface area contributed by atoms with Gasteiger partial charge in [0.05, 0.1) is 28.2 Å². The molecule has 7 nitrogen and oxygen atoms in total. The average molecular weight is 457 g/mol. The van der Waals surface area contributed by atoms with Crippen LogP contribution in [-0.2, 0) is 19.4 Å². The fourth-order valence-electron chi connectivity index (χ4n) is 3.60. The van der Waals surface area contributed by atoms with Gasteiger partial charge in [0.1, 0.15) is 17.6 Å². The van der Waals surface area contributed by atoms with Crippen LogP contribution in [0.15, 0.2) is 58.7 Å². The number of hydrogen-bond donors (Lipinski definition) is 0. The van der Waals surface area contributed by atoms with Gasteiger partial charge in [0.2, 0.25) is 0 Å². The highest BCUT2D eigenvalue weighted by molar-refractivity contribution is 7.94. The molecule has 0 unspecified atom stereocenters. The lowest BCUT2D eigenvalue weighted by Gasteiger charge is -2.33. The number of rotatable bonds is 6. The first-order valence-electron chi connectivity index (χ1n) is 10.6. The van der Waals surface area contributed by atoms with Crippen molar-refractivity contribution in [3.8, 4) is 11.8 Å². The Morgan fingerprint density at radius 3 is 2.38 bits per heavy atom. The van der Waals surface area contributed by atoms with Crippen LogP contribution in [0.2, 0.25) is 0 Å². The predicted octanol–water partition coefficient (Wildman–Crippen LogP) is 3.50. The third-order valence-corrected chi connectivity index (χ3v) is 6.35. The number of piperidine rings is 1. The Morgan fingerprint density at radius 1 is 1.16 bits per heavy atom. The topological polar surface area (TPSA) is 96.7 Å². The maximum Gasteiger partial charge on any atom is 0.257 e. The Labute approximate surface area is 189 Å². The van der Waals surface area contributed by atoms with Crippen LogP contribution in [0.3, 0.4) is 0 Å². The number of carbonyl (C=O) groups excluding carboxylic acids is 1. The third kappa shape index (κ3) is 6.01. The molecule has 1 aliphatic heterocycles. The molecule has 1 saturated heterocycles. The number of sulfone groups is 1. The number of carbonyl (C=O) groups is 1. The van der Waals surface area contributed by atoms with E-state index in [-0.39, 0.29) is 28.6 Å². The molecule has 0 spiro atoms. The van der Waals surface area contributed by atoms with Crippen molar-refractivity contribution in [3.05, 3.63) is 64.3 Å². The predicted molar refractivity (Wildman–Crippen MR) is 121 cm³/mol. The number of allylic oxidation sites excluding steroid dienone is 3. The van der Waals surface area contributed by atoms with Gasteiger partial charge in [0.25, 0.3) is 5.91 Å². The van der Waals surface area contributed by atoms with Gasteiger partial charge in [0.15, 0.2) is 9.84 Å². The van der Waals surface area contributed by atoms with E-state index < -0.39 is 9.84 Å². The monoisotopic (exact) mass is 456 g/mol. The Hall–Kier alpha value is -3.05. The van der Waals surface area contributed by atoms with Gasteiger partial charge >= 0.3 is 0 Å². The summed E-state index contributed by atoms with van der Waals surface area (Å²) in [5.74, 6) is 0.861. The normalized spacial score (nSPS) is 17.6. The highest BCUT2D eigenvalue weighted by Gasteiger charge is 2.29. The third-order valence-electron chi connectivity index (χ3n) is 5.21. The Bertz CT molecular complexity index is 1080. The summed E-state index contributed by atoms with van der Waals surface area (Å²) in [4.78, 5) is 15.2. The van der Waals surface area contributed by atoms with Crippen molar-refractivity contribution in [2.45, 2.75) is 45.3 Å². The molecule has 170 valence electrons. The number of nitriles is 1. The number of benzene rings is 1. The van der Waals surface area contributed by atoms with Crippen molar-refractivity contribution >= 4 is 15.7 Å². The molecule has 32 heavy (non-hydrogen) atoms. The molecule has 1 aromatic rings. The molecule has 1 aromatic carbocycles. The number of hydrogen-bond acceptors (Lipinski definition) is 6. The smallest absolute Gasteiger partial charge is 0.257 e. The van der Waals surface area contributed by atoms with E-state index >= 15 is 0 Å². The molecule has 0 bridgehead atoms. The number of ether oxygens (including phenoxy) is 2. The van der Waals surface area contributed by atoms with E-state index in [1.165, 1.54) is 6.08 Å². The summed E-state index contributed by atoms with van der Waals surface area (Å²) < 4.78 is 36.1. The van der Waals surface area contributed by atoms with Crippen LogP contribution in [0.25, 0.3) is 0 Å². The van der Waals surface area contributed by atoms with E-state index in [1.807, 2.05) is 13.8 Å². The van der Waals surface area contributed by atoms with Gasteiger partial charge in [-0.25, -0.2) is 8.42 Å². The molecule has 0 aromatic heterocycles. The van der Waals surface area contributed by atoms with Gasteiger partial charge < -0.3 is 14.4 Å². The van der Waals surface area contributed by atoms with Crippen LogP contribution in [-0.4, -0.2) is 50.8 Å². The van der Waals surface area contributed by atoms with E-state index in [0.717, 1.165) is 6.26 Å². The maximum atomic E-state index is 13.3. The van der Waals surface area contributed by atoms with Gasteiger partial charge in [-0.3, -0.25) is 4.79 Å².